The number of allylic oxidation sites excluding steroid dienone is 4. The minimum atomic E-state index is -1.73. The summed E-state index contributed by atoms with van der Waals surface area (Å²) in [7, 11) is -1.73. The summed E-state index contributed by atoms with van der Waals surface area (Å²) in [5.41, 5.74) is 4.18. The first kappa shape index (κ1) is 19.4. The van der Waals surface area contributed by atoms with Gasteiger partial charge in [-0.3, -0.25) is 0 Å². The van der Waals surface area contributed by atoms with Gasteiger partial charge in [-0.25, -0.2) is 0 Å². The lowest BCUT2D eigenvalue weighted by atomic mass is 9.71. The highest BCUT2D eigenvalue weighted by Crippen LogP contribution is 2.45. The molecule has 0 saturated heterocycles. The summed E-state index contributed by atoms with van der Waals surface area (Å²) < 4.78 is 6.71. The predicted octanol–water partition coefficient (Wildman–Crippen LogP) is 6.65. The van der Waals surface area contributed by atoms with Gasteiger partial charge in [0.05, 0.1) is 6.10 Å². The van der Waals surface area contributed by atoms with Gasteiger partial charge in [-0.05, 0) is 61.4 Å². The van der Waals surface area contributed by atoms with E-state index in [0.29, 0.717) is 0 Å². The highest BCUT2D eigenvalue weighted by molar-refractivity contribution is 6.74. The summed E-state index contributed by atoms with van der Waals surface area (Å²) in [5.74, 6) is 0. The van der Waals surface area contributed by atoms with Crippen LogP contribution in [0.3, 0.4) is 0 Å². The van der Waals surface area contributed by atoms with Crippen molar-refractivity contribution in [2.75, 3.05) is 0 Å². The molecular formula is C20H36OSi. The SMILES string of the molecule is C=C(C)/C=C/C1=C(C)C(O[Si](C)(C)C(C)(C)C)CCC1(C)C. The lowest BCUT2D eigenvalue weighted by Gasteiger charge is -2.44. The molecule has 0 aromatic rings. The zero-order chi connectivity index (χ0) is 17.3. The van der Waals surface area contributed by atoms with E-state index in [0.717, 1.165) is 12.0 Å². The van der Waals surface area contributed by atoms with Crippen molar-refractivity contribution in [1.29, 1.82) is 0 Å². The Morgan fingerprint density at radius 2 is 1.86 bits per heavy atom. The van der Waals surface area contributed by atoms with Crippen LogP contribution in [0.4, 0.5) is 0 Å². The molecule has 1 aliphatic rings. The van der Waals surface area contributed by atoms with Crippen LogP contribution in [0.25, 0.3) is 0 Å². The van der Waals surface area contributed by atoms with Gasteiger partial charge in [-0.15, -0.1) is 0 Å². The Morgan fingerprint density at radius 1 is 1.32 bits per heavy atom. The fraction of sp³-hybridized carbons (Fsp3) is 0.700. The van der Waals surface area contributed by atoms with E-state index in [2.05, 4.69) is 73.4 Å². The third kappa shape index (κ3) is 4.45. The van der Waals surface area contributed by atoms with Crippen molar-refractivity contribution in [3.05, 3.63) is 35.5 Å². The van der Waals surface area contributed by atoms with E-state index in [-0.39, 0.29) is 16.6 Å². The van der Waals surface area contributed by atoms with Crippen LogP contribution in [0.2, 0.25) is 18.1 Å². The Bertz CT molecular complexity index is 486. The third-order valence-corrected chi connectivity index (χ3v) is 9.93. The monoisotopic (exact) mass is 320 g/mol. The zero-order valence-corrected chi connectivity index (χ0v) is 17.3. The van der Waals surface area contributed by atoms with Gasteiger partial charge in [-0.2, -0.15) is 0 Å². The van der Waals surface area contributed by atoms with E-state index < -0.39 is 8.32 Å². The molecule has 0 aromatic carbocycles. The van der Waals surface area contributed by atoms with Gasteiger partial charge in [0, 0.05) is 0 Å². The van der Waals surface area contributed by atoms with Gasteiger partial charge < -0.3 is 4.43 Å². The highest BCUT2D eigenvalue weighted by atomic mass is 28.4. The standard InChI is InChI=1S/C20H36OSi/c1-15(2)11-12-17-16(3)18(13-14-20(17,7)8)21-22(9,10)19(4,5)6/h11-12,18H,1,13-14H2,2-10H3/b12-11+. The van der Waals surface area contributed by atoms with Gasteiger partial charge >= 0.3 is 0 Å². The molecule has 22 heavy (non-hydrogen) atoms. The van der Waals surface area contributed by atoms with Crippen LogP contribution in [0.15, 0.2) is 35.5 Å². The Balaban J connectivity index is 3.14. The molecule has 1 rings (SSSR count). The average molecular weight is 321 g/mol. The molecule has 0 heterocycles. The van der Waals surface area contributed by atoms with Crippen LogP contribution in [0, 0.1) is 5.41 Å². The van der Waals surface area contributed by atoms with Gasteiger partial charge in [-0.1, -0.05) is 58.9 Å². The number of hydrogen-bond donors (Lipinski definition) is 0. The van der Waals surface area contributed by atoms with Crippen LogP contribution in [0.5, 0.6) is 0 Å². The van der Waals surface area contributed by atoms with Crippen molar-refractivity contribution >= 4 is 8.32 Å². The highest BCUT2D eigenvalue weighted by Gasteiger charge is 2.41. The van der Waals surface area contributed by atoms with Crippen molar-refractivity contribution < 1.29 is 4.43 Å². The minimum absolute atomic E-state index is 0.226. The van der Waals surface area contributed by atoms with E-state index >= 15 is 0 Å². The van der Waals surface area contributed by atoms with Crippen molar-refractivity contribution in [1.82, 2.24) is 0 Å². The van der Waals surface area contributed by atoms with Crippen LogP contribution in [-0.2, 0) is 4.43 Å². The fourth-order valence-electron chi connectivity index (χ4n) is 2.81. The molecule has 0 N–H and O–H groups in total. The van der Waals surface area contributed by atoms with E-state index in [1.165, 1.54) is 17.6 Å². The molecule has 126 valence electrons. The first-order chi connectivity index (χ1) is 9.78. The second-order valence-corrected chi connectivity index (χ2v) is 13.8. The Morgan fingerprint density at radius 3 is 2.32 bits per heavy atom. The van der Waals surface area contributed by atoms with Gasteiger partial charge in [0.1, 0.15) is 0 Å². The molecular weight excluding hydrogens is 284 g/mol. The molecule has 1 atom stereocenters. The molecule has 0 aromatic heterocycles. The molecule has 0 bridgehead atoms. The second kappa shape index (κ2) is 6.49. The van der Waals surface area contributed by atoms with Crippen molar-refractivity contribution in [3.63, 3.8) is 0 Å². The third-order valence-electron chi connectivity index (χ3n) is 5.45. The van der Waals surface area contributed by atoms with Crippen LogP contribution < -0.4 is 0 Å². The second-order valence-electron chi connectivity index (χ2n) is 9.07. The summed E-state index contributed by atoms with van der Waals surface area (Å²) in [4.78, 5) is 0. The lowest BCUT2D eigenvalue weighted by molar-refractivity contribution is 0.168. The summed E-state index contributed by atoms with van der Waals surface area (Å²) in [6.45, 7) is 24.6. The smallest absolute Gasteiger partial charge is 0.192 e. The van der Waals surface area contributed by atoms with Crippen molar-refractivity contribution in [2.45, 2.75) is 85.5 Å². The maximum absolute atomic E-state index is 6.71. The van der Waals surface area contributed by atoms with E-state index in [9.17, 15) is 0 Å². The van der Waals surface area contributed by atoms with Gasteiger partial charge in [0.2, 0.25) is 0 Å². The van der Waals surface area contributed by atoms with Crippen molar-refractivity contribution in [2.24, 2.45) is 5.41 Å². The van der Waals surface area contributed by atoms with E-state index in [1.54, 1.807) is 0 Å². The molecule has 0 fully saturated rings. The molecule has 0 amide bonds. The largest absolute Gasteiger partial charge is 0.410 e. The minimum Gasteiger partial charge on any atom is -0.410 e. The molecule has 1 aliphatic carbocycles. The average Bonchev–Trinajstić information content (AvgIpc) is 2.30. The first-order valence-corrected chi connectivity index (χ1v) is 11.4. The first-order valence-electron chi connectivity index (χ1n) is 8.50. The Kier molecular flexibility index (Phi) is 5.73. The lowest BCUT2D eigenvalue weighted by Crippen LogP contribution is -2.45. The molecule has 0 radical (unpaired) electrons. The van der Waals surface area contributed by atoms with Crippen LogP contribution >= 0.6 is 0 Å². The van der Waals surface area contributed by atoms with E-state index in [4.69, 9.17) is 4.43 Å². The molecule has 1 nitrogen and oxygen atoms in total. The number of rotatable bonds is 4. The molecule has 0 spiro atoms. The maximum atomic E-state index is 6.71. The molecule has 0 aliphatic heterocycles. The van der Waals surface area contributed by atoms with Gasteiger partial charge in [0.15, 0.2) is 8.32 Å². The molecule has 0 saturated carbocycles. The normalized spacial score (nSPS) is 23.2. The maximum Gasteiger partial charge on any atom is 0.192 e. The summed E-state index contributed by atoms with van der Waals surface area (Å²) >= 11 is 0. The summed E-state index contributed by atoms with van der Waals surface area (Å²) in [6, 6.07) is 0. The summed E-state index contributed by atoms with van der Waals surface area (Å²) in [5, 5.41) is 0.258. The Hall–Kier alpha value is -0.603. The van der Waals surface area contributed by atoms with Crippen LogP contribution in [-0.4, -0.2) is 14.4 Å². The number of hydrogen-bond acceptors (Lipinski definition) is 1. The van der Waals surface area contributed by atoms with Gasteiger partial charge in [0.25, 0.3) is 0 Å². The quantitative estimate of drug-likeness (QED) is 0.416. The fourth-order valence-corrected chi connectivity index (χ4v) is 4.17. The van der Waals surface area contributed by atoms with Crippen molar-refractivity contribution in [3.8, 4) is 0 Å². The predicted molar refractivity (Wildman–Crippen MR) is 102 cm³/mol. The molecule has 1 unspecified atom stereocenters. The molecule has 2 heteroatoms. The summed E-state index contributed by atoms with van der Waals surface area (Å²) in [6.07, 6.45) is 6.99. The van der Waals surface area contributed by atoms with E-state index in [1.807, 2.05) is 6.92 Å². The topological polar surface area (TPSA) is 9.23 Å². The zero-order valence-electron chi connectivity index (χ0n) is 16.3. The Labute approximate surface area is 139 Å². The van der Waals surface area contributed by atoms with Crippen LogP contribution in [0.1, 0.15) is 61.3 Å².